The number of halogens is 1. The van der Waals surface area contributed by atoms with E-state index in [1.54, 1.807) is 19.2 Å². The van der Waals surface area contributed by atoms with Crippen LogP contribution in [0.3, 0.4) is 0 Å². The van der Waals surface area contributed by atoms with E-state index in [0.29, 0.717) is 13.2 Å². The van der Waals surface area contributed by atoms with Gasteiger partial charge in [0.1, 0.15) is 11.5 Å². The topological polar surface area (TPSA) is 64.4 Å². The molecule has 0 bridgehead atoms. The van der Waals surface area contributed by atoms with E-state index in [9.17, 15) is 14.0 Å². The fourth-order valence-corrected chi connectivity index (χ4v) is 2.03. The molecule has 0 aliphatic rings. The molecular formula is C16H18FN3O3. The van der Waals surface area contributed by atoms with Crippen molar-refractivity contribution in [3.8, 4) is 0 Å². The van der Waals surface area contributed by atoms with Crippen molar-refractivity contribution < 1.29 is 13.9 Å². The second-order valence-corrected chi connectivity index (χ2v) is 5.06. The van der Waals surface area contributed by atoms with Gasteiger partial charge in [0, 0.05) is 26.8 Å². The highest BCUT2D eigenvalue weighted by Crippen LogP contribution is 2.07. The first-order valence-corrected chi connectivity index (χ1v) is 7.08. The predicted octanol–water partition coefficient (Wildman–Crippen LogP) is 1.30. The number of carbonyl (C=O) groups excluding carboxylic acids is 1. The third-order valence-corrected chi connectivity index (χ3v) is 3.27. The lowest BCUT2D eigenvalue weighted by Gasteiger charge is -2.17. The number of carbonyl (C=O) groups is 1. The lowest BCUT2D eigenvalue weighted by Crippen LogP contribution is -2.31. The summed E-state index contributed by atoms with van der Waals surface area (Å²) in [4.78, 5) is 25.5. The number of nitrogens with zero attached hydrogens (tertiary/aromatic N) is 3. The van der Waals surface area contributed by atoms with Gasteiger partial charge in [0.05, 0.1) is 13.2 Å². The summed E-state index contributed by atoms with van der Waals surface area (Å²) in [6, 6.07) is 8.63. The minimum Gasteiger partial charge on any atom is -0.383 e. The van der Waals surface area contributed by atoms with E-state index < -0.39 is 0 Å². The van der Waals surface area contributed by atoms with Gasteiger partial charge in [-0.3, -0.25) is 9.59 Å². The van der Waals surface area contributed by atoms with E-state index in [4.69, 9.17) is 4.74 Å². The van der Waals surface area contributed by atoms with Crippen LogP contribution in [0.25, 0.3) is 0 Å². The Morgan fingerprint density at radius 1 is 1.26 bits per heavy atom. The largest absolute Gasteiger partial charge is 0.383 e. The van der Waals surface area contributed by atoms with E-state index in [2.05, 4.69) is 5.10 Å². The second kappa shape index (κ2) is 7.64. The minimum absolute atomic E-state index is 0.172. The van der Waals surface area contributed by atoms with Crippen LogP contribution < -0.4 is 5.56 Å². The number of amides is 1. The van der Waals surface area contributed by atoms with Gasteiger partial charge in [-0.25, -0.2) is 9.07 Å². The summed E-state index contributed by atoms with van der Waals surface area (Å²) < 4.78 is 19.0. The molecule has 7 heteroatoms. The molecule has 0 spiro atoms. The molecule has 122 valence electrons. The van der Waals surface area contributed by atoms with Gasteiger partial charge in [0.25, 0.3) is 11.5 Å². The van der Waals surface area contributed by atoms with Crippen molar-refractivity contribution >= 4 is 5.91 Å². The molecular weight excluding hydrogens is 301 g/mol. The Morgan fingerprint density at radius 3 is 2.61 bits per heavy atom. The Hall–Kier alpha value is -2.54. The molecule has 1 amide bonds. The van der Waals surface area contributed by atoms with Gasteiger partial charge in [0.2, 0.25) is 0 Å². The highest BCUT2D eigenvalue weighted by Gasteiger charge is 2.15. The number of rotatable bonds is 6. The van der Waals surface area contributed by atoms with Gasteiger partial charge in [0.15, 0.2) is 0 Å². The average molecular weight is 319 g/mol. The van der Waals surface area contributed by atoms with Crippen LogP contribution in [0, 0.1) is 5.82 Å². The maximum atomic E-state index is 12.9. The Kier molecular flexibility index (Phi) is 5.59. The zero-order chi connectivity index (χ0) is 16.8. The maximum Gasteiger partial charge on any atom is 0.274 e. The molecule has 0 unspecified atom stereocenters. The second-order valence-electron chi connectivity index (χ2n) is 5.06. The highest BCUT2D eigenvalue weighted by molar-refractivity contribution is 5.91. The van der Waals surface area contributed by atoms with Crippen LogP contribution in [0.5, 0.6) is 0 Å². The van der Waals surface area contributed by atoms with Gasteiger partial charge in [-0.05, 0) is 23.8 Å². The first kappa shape index (κ1) is 16.8. The van der Waals surface area contributed by atoms with Crippen LogP contribution in [0.1, 0.15) is 16.1 Å². The number of ether oxygens (including phenoxy) is 1. The Balaban J connectivity index is 2.12. The van der Waals surface area contributed by atoms with Crippen LogP contribution in [-0.4, -0.2) is 41.4 Å². The molecule has 23 heavy (non-hydrogen) atoms. The summed E-state index contributed by atoms with van der Waals surface area (Å²) in [6.45, 7) is 0.923. The van der Waals surface area contributed by atoms with Crippen molar-refractivity contribution in [2.24, 2.45) is 0 Å². The summed E-state index contributed by atoms with van der Waals surface area (Å²) >= 11 is 0. The molecule has 0 atom stereocenters. The Labute approximate surface area is 133 Å². The van der Waals surface area contributed by atoms with Crippen LogP contribution in [0.15, 0.2) is 41.2 Å². The summed E-state index contributed by atoms with van der Waals surface area (Å²) in [6.07, 6.45) is 0. The Bertz CT molecular complexity index is 728. The molecule has 0 fully saturated rings. The number of benzene rings is 1. The van der Waals surface area contributed by atoms with Crippen molar-refractivity contribution in [3.63, 3.8) is 0 Å². The molecule has 0 aliphatic heterocycles. The van der Waals surface area contributed by atoms with Crippen LogP contribution in [-0.2, 0) is 17.8 Å². The monoisotopic (exact) mass is 319 g/mol. The zero-order valence-electron chi connectivity index (χ0n) is 13.0. The third kappa shape index (κ3) is 4.46. The fraction of sp³-hybridized carbons (Fsp3) is 0.312. The van der Waals surface area contributed by atoms with E-state index in [1.807, 2.05) is 0 Å². The quantitative estimate of drug-likeness (QED) is 0.805. The average Bonchev–Trinajstić information content (AvgIpc) is 2.55. The number of aromatic nitrogens is 2. The Morgan fingerprint density at radius 2 is 1.96 bits per heavy atom. The summed E-state index contributed by atoms with van der Waals surface area (Å²) in [5.74, 6) is -0.643. The van der Waals surface area contributed by atoms with Gasteiger partial charge in [-0.1, -0.05) is 12.1 Å². The van der Waals surface area contributed by atoms with Gasteiger partial charge >= 0.3 is 0 Å². The molecule has 0 radical (unpaired) electrons. The van der Waals surface area contributed by atoms with Crippen molar-refractivity contribution in [2.45, 2.75) is 13.1 Å². The van der Waals surface area contributed by atoms with Crippen LogP contribution in [0.2, 0.25) is 0 Å². The predicted molar refractivity (Wildman–Crippen MR) is 82.6 cm³/mol. The molecule has 2 rings (SSSR count). The van der Waals surface area contributed by atoms with Gasteiger partial charge in [-0.2, -0.15) is 5.10 Å². The van der Waals surface area contributed by atoms with Crippen molar-refractivity contribution in [3.05, 3.63) is 63.8 Å². The lowest BCUT2D eigenvalue weighted by atomic mass is 10.2. The standard InChI is InChI=1S/C16H18FN3O3/c1-19(11-12-3-5-13(17)6-4-12)16(22)14-7-8-15(21)20(18-14)9-10-23-2/h3-8H,9-11H2,1-2H3. The van der Waals surface area contributed by atoms with Crippen LogP contribution in [0.4, 0.5) is 4.39 Å². The van der Waals surface area contributed by atoms with E-state index in [-0.39, 0.29) is 29.5 Å². The minimum atomic E-state index is -0.324. The van der Waals surface area contributed by atoms with Crippen molar-refractivity contribution in [2.75, 3.05) is 20.8 Å². The van der Waals surface area contributed by atoms with Crippen LogP contribution >= 0.6 is 0 Å². The lowest BCUT2D eigenvalue weighted by molar-refractivity contribution is 0.0775. The number of hydrogen-bond donors (Lipinski definition) is 0. The van der Waals surface area contributed by atoms with E-state index in [0.717, 1.165) is 5.56 Å². The molecule has 6 nitrogen and oxygen atoms in total. The molecule has 0 saturated heterocycles. The molecule has 1 heterocycles. The molecule has 0 saturated carbocycles. The summed E-state index contributed by atoms with van der Waals surface area (Å²) in [5.41, 5.74) is 0.681. The summed E-state index contributed by atoms with van der Waals surface area (Å²) in [7, 11) is 3.15. The number of methoxy groups -OCH3 is 1. The molecule has 0 aliphatic carbocycles. The molecule has 2 aromatic rings. The van der Waals surface area contributed by atoms with Gasteiger partial charge in [-0.15, -0.1) is 0 Å². The smallest absolute Gasteiger partial charge is 0.274 e. The SMILES string of the molecule is COCCn1nc(C(=O)N(C)Cc2ccc(F)cc2)ccc1=O. The van der Waals surface area contributed by atoms with E-state index in [1.165, 1.54) is 41.0 Å². The van der Waals surface area contributed by atoms with Crippen molar-refractivity contribution in [1.29, 1.82) is 0 Å². The first-order valence-electron chi connectivity index (χ1n) is 7.08. The molecule has 1 aromatic carbocycles. The van der Waals surface area contributed by atoms with Crippen molar-refractivity contribution in [1.82, 2.24) is 14.7 Å². The maximum absolute atomic E-state index is 12.9. The first-order chi connectivity index (χ1) is 11.0. The normalized spacial score (nSPS) is 10.6. The zero-order valence-corrected chi connectivity index (χ0v) is 13.0. The third-order valence-electron chi connectivity index (χ3n) is 3.27. The fourth-order valence-electron chi connectivity index (χ4n) is 2.03. The summed E-state index contributed by atoms with van der Waals surface area (Å²) in [5, 5.41) is 4.06. The molecule has 0 N–H and O–H groups in total. The molecule has 1 aromatic heterocycles. The highest BCUT2D eigenvalue weighted by atomic mass is 19.1. The van der Waals surface area contributed by atoms with E-state index >= 15 is 0 Å². The number of hydrogen-bond acceptors (Lipinski definition) is 4. The van der Waals surface area contributed by atoms with Gasteiger partial charge < -0.3 is 9.64 Å².